The van der Waals surface area contributed by atoms with Crippen molar-refractivity contribution in [1.82, 2.24) is 4.90 Å². The van der Waals surface area contributed by atoms with Crippen LogP contribution in [0.2, 0.25) is 0 Å². The Kier molecular flexibility index (Phi) is 4.07. The van der Waals surface area contributed by atoms with Crippen molar-refractivity contribution in [3.63, 3.8) is 0 Å². The average molecular weight is 263 g/mol. The number of nitrogens with one attached hydrogen (secondary N) is 1. The first-order valence-corrected chi connectivity index (χ1v) is 6.53. The molecule has 0 bridgehead atoms. The Morgan fingerprint density at radius 2 is 2.00 bits per heavy atom. The van der Waals surface area contributed by atoms with E-state index in [2.05, 4.69) is 5.43 Å². The van der Waals surface area contributed by atoms with Crippen LogP contribution in [0.5, 0.6) is 0 Å². The molecule has 0 aliphatic carbocycles. The molecule has 0 unspecified atom stereocenters. The second kappa shape index (κ2) is 5.59. The topological polar surface area (TPSA) is 67.6 Å². The van der Waals surface area contributed by atoms with Crippen LogP contribution in [0.1, 0.15) is 29.8 Å². The molecule has 1 aromatic carbocycles. The number of hydrogen-bond acceptors (Lipinski definition) is 4. The highest BCUT2D eigenvalue weighted by atomic mass is 16.5. The van der Waals surface area contributed by atoms with Crippen molar-refractivity contribution in [2.45, 2.75) is 33.0 Å². The summed E-state index contributed by atoms with van der Waals surface area (Å²) in [6, 6.07) is 5.51. The molecule has 0 spiro atoms. The third-order valence-corrected chi connectivity index (χ3v) is 3.33. The summed E-state index contributed by atoms with van der Waals surface area (Å²) in [6.45, 7) is 7.18. The lowest BCUT2D eigenvalue weighted by Crippen LogP contribution is -2.48. The molecule has 104 valence electrons. The van der Waals surface area contributed by atoms with E-state index in [1.807, 2.05) is 43.9 Å². The molecule has 3 N–H and O–H groups in total. The van der Waals surface area contributed by atoms with Gasteiger partial charge in [0.05, 0.1) is 12.2 Å². The van der Waals surface area contributed by atoms with Crippen molar-refractivity contribution in [1.29, 1.82) is 0 Å². The van der Waals surface area contributed by atoms with E-state index >= 15 is 0 Å². The molecule has 0 saturated carbocycles. The number of morpholine rings is 1. The molecule has 1 aliphatic heterocycles. The fourth-order valence-electron chi connectivity index (χ4n) is 2.51. The number of hydrogen-bond donors (Lipinski definition) is 2. The third kappa shape index (κ3) is 3.05. The van der Waals surface area contributed by atoms with Crippen molar-refractivity contribution in [3.05, 3.63) is 29.3 Å². The molecule has 0 radical (unpaired) electrons. The largest absolute Gasteiger partial charge is 0.372 e. The van der Waals surface area contributed by atoms with Crippen molar-refractivity contribution >= 4 is 11.6 Å². The van der Waals surface area contributed by atoms with Gasteiger partial charge < -0.3 is 15.1 Å². The van der Waals surface area contributed by atoms with Crippen LogP contribution in [0.3, 0.4) is 0 Å². The number of hydrazine groups is 1. The number of ether oxygens (including phenoxy) is 1. The summed E-state index contributed by atoms with van der Waals surface area (Å²) in [5, 5.41) is 0. The van der Waals surface area contributed by atoms with Gasteiger partial charge in [-0.3, -0.25) is 10.6 Å². The van der Waals surface area contributed by atoms with Crippen LogP contribution >= 0.6 is 0 Å². The quantitative estimate of drug-likeness (QED) is 0.627. The molecule has 0 aromatic heterocycles. The van der Waals surface area contributed by atoms with Gasteiger partial charge in [0.2, 0.25) is 0 Å². The molecule has 1 saturated heterocycles. The van der Waals surface area contributed by atoms with Gasteiger partial charge in [0.1, 0.15) is 0 Å². The number of carbonyl (C=O) groups is 1. The molecule has 1 fully saturated rings. The van der Waals surface area contributed by atoms with Gasteiger partial charge >= 0.3 is 0 Å². The summed E-state index contributed by atoms with van der Waals surface area (Å²) in [5.74, 6) is 5.42. The highest BCUT2D eigenvalue weighted by Gasteiger charge is 2.27. The Bertz CT molecular complexity index is 466. The fraction of sp³-hybridized carbons (Fsp3) is 0.500. The minimum Gasteiger partial charge on any atom is -0.372 e. The molecular weight excluding hydrogens is 242 g/mol. The second-order valence-electron chi connectivity index (χ2n) is 5.14. The van der Waals surface area contributed by atoms with Gasteiger partial charge in [0.25, 0.3) is 5.91 Å². The molecule has 5 heteroatoms. The van der Waals surface area contributed by atoms with Gasteiger partial charge in [-0.2, -0.15) is 0 Å². The van der Waals surface area contributed by atoms with E-state index in [9.17, 15) is 4.79 Å². The number of carbonyl (C=O) groups excluding carboxylic acids is 1. The normalized spacial score (nSPS) is 23.3. The van der Waals surface area contributed by atoms with Crippen molar-refractivity contribution < 1.29 is 9.53 Å². The average Bonchev–Trinajstić information content (AvgIpc) is 2.36. The van der Waals surface area contributed by atoms with Crippen molar-refractivity contribution in [2.75, 3.05) is 18.5 Å². The summed E-state index contributed by atoms with van der Waals surface area (Å²) in [6.07, 6.45) is 0.163. The van der Waals surface area contributed by atoms with Gasteiger partial charge in [-0.05, 0) is 44.5 Å². The number of nitrogen functional groups attached to an aromatic ring is 1. The minimum absolute atomic E-state index is 0.0584. The van der Waals surface area contributed by atoms with Crippen LogP contribution in [-0.2, 0) is 4.74 Å². The number of rotatable bonds is 2. The van der Waals surface area contributed by atoms with E-state index in [0.717, 1.165) is 16.8 Å². The highest BCUT2D eigenvalue weighted by molar-refractivity contribution is 5.96. The SMILES string of the molecule is Cc1cc(NN)ccc1C(=O)N1C[C@@H](C)O[C@@H](C)C1. The zero-order valence-electron chi connectivity index (χ0n) is 11.6. The highest BCUT2D eigenvalue weighted by Crippen LogP contribution is 2.19. The maximum absolute atomic E-state index is 12.5. The Morgan fingerprint density at radius 3 is 2.53 bits per heavy atom. The predicted molar refractivity (Wildman–Crippen MR) is 74.9 cm³/mol. The van der Waals surface area contributed by atoms with Crippen LogP contribution in [0.25, 0.3) is 0 Å². The molecule has 1 aromatic rings. The van der Waals surface area contributed by atoms with E-state index in [4.69, 9.17) is 10.6 Å². The number of aryl methyl sites for hydroxylation is 1. The standard InChI is InChI=1S/C14H21N3O2/c1-9-6-12(16-15)4-5-13(9)14(18)17-7-10(2)19-11(3)8-17/h4-6,10-11,16H,7-8,15H2,1-3H3/t10-,11+. The molecule has 1 amide bonds. The van der Waals surface area contributed by atoms with E-state index in [1.54, 1.807) is 0 Å². The van der Waals surface area contributed by atoms with Crippen LogP contribution in [0.4, 0.5) is 5.69 Å². The van der Waals surface area contributed by atoms with Crippen LogP contribution in [0.15, 0.2) is 18.2 Å². The number of anilines is 1. The maximum Gasteiger partial charge on any atom is 0.254 e. The lowest BCUT2D eigenvalue weighted by atomic mass is 10.1. The minimum atomic E-state index is 0.0584. The molecule has 19 heavy (non-hydrogen) atoms. The molecule has 1 heterocycles. The molecule has 2 rings (SSSR count). The monoisotopic (exact) mass is 263 g/mol. The molecule has 5 nitrogen and oxygen atoms in total. The van der Waals surface area contributed by atoms with Gasteiger partial charge in [0, 0.05) is 24.3 Å². The van der Waals surface area contributed by atoms with Crippen LogP contribution in [-0.4, -0.2) is 36.1 Å². The van der Waals surface area contributed by atoms with E-state index in [-0.39, 0.29) is 18.1 Å². The molecular formula is C14H21N3O2. The van der Waals surface area contributed by atoms with Gasteiger partial charge in [0.15, 0.2) is 0 Å². The zero-order valence-corrected chi connectivity index (χ0v) is 11.6. The van der Waals surface area contributed by atoms with E-state index in [0.29, 0.717) is 13.1 Å². The number of nitrogens with zero attached hydrogens (tertiary/aromatic N) is 1. The Balaban J connectivity index is 2.19. The summed E-state index contributed by atoms with van der Waals surface area (Å²) >= 11 is 0. The zero-order chi connectivity index (χ0) is 14.0. The molecule has 2 atom stereocenters. The summed E-state index contributed by atoms with van der Waals surface area (Å²) in [4.78, 5) is 14.4. The third-order valence-electron chi connectivity index (χ3n) is 3.33. The van der Waals surface area contributed by atoms with Crippen molar-refractivity contribution in [2.24, 2.45) is 5.84 Å². The predicted octanol–water partition coefficient (Wildman–Crippen LogP) is 1.53. The first-order valence-electron chi connectivity index (χ1n) is 6.53. The Labute approximate surface area is 113 Å². The number of benzene rings is 1. The maximum atomic E-state index is 12.5. The fourth-order valence-corrected chi connectivity index (χ4v) is 2.51. The Morgan fingerprint density at radius 1 is 1.37 bits per heavy atom. The van der Waals surface area contributed by atoms with Gasteiger partial charge in [-0.1, -0.05) is 0 Å². The van der Waals surface area contributed by atoms with Crippen molar-refractivity contribution in [3.8, 4) is 0 Å². The van der Waals surface area contributed by atoms with Gasteiger partial charge in [-0.25, -0.2) is 0 Å². The first kappa shape index (κ1) is 13.8. The number of nitrogens with two attached hydrogens (primary N) is 1. The second-order valence-corrected chi connectivity index (χ2v) is 5.14. The number of amides is 1. The first-order chi connectivity index (χ1) is 9.01. The van der Waals surface area contributed by atoms with Gasteiger partial charge in [-0.15, -0.1) is 0 Å². The summed E-state index contributed by atoms with van der Waals surface area (Å²) in [5.41, 5.74) is 5.03. The summed E-state index contributed by atoms with van der Waals surface area (Å²) < 4.78 is 5.65. The smallest absolute Gasteiger partial charge is 0.254 e. The lowest BCUT2D eigenvalue weighted by Gasteiger charge is -2.35. The lowest BCUT2D eigenvalue weighted by molar-refractivity contribution is -0.0586. The van der Waals surface area contributed by atoms with E-state index in [1.165, 1.54) is 0 Å². The summed E-state index contributed by atoms with van der Waals surface area (Å²) in [7, 11) is 0. The Hall–Kier alpha value is -1.59. The van der Waals surface area contributed by atoms with Crippen LogP contribution in [0, 0.1) is 6.92 Å². The van der Waals surface area contributed by atoms with E-state index < -0.39 is 0 Å². The molecule has 1 aliphatic rings. The van der Waals surface area contributed by atoms with Crippen LogP contribution < -0.4 is 11.3 Å².